The van der Waals surface area contributed by atoms with Gasteiger partial charge in [0.1, 0.15) is 11.6 Å². The van der Waals surface area contributed by atoms with Crippen molar-refractivity contribution in [1.29, 1.82) is 0 Å². The molecule has 2 unspecified atom stereocenters. The molecule has 2 atom stereocenters. The number of amides is 1. The van der Waals surface area contributed by atoms with Crippen molar-refractivity contribution < 1.29 is 13.9 Å². The Balaban J connectivity index is 2.06. The molecule has 1 amide bonds. The highest BCUT2D eigenvalue weighted by atomic mass is 31.0. The van der Waals surface area contributed by atoms with Crippen LogP contribution in [0.15, 0.2) is 36.4 Å². The lowest BCUT2D eigenvalue weighted by atomic mass is 10.00. The smallest absolute Gasteiger partial charge is 0.210 e. The molecule has 0 spiro atoms. The summed E-state index contributed by atoms with van der Waals surface area (Å²) >= 11 is 0. The van der Waals surface area contributed by atoms with Crippen LogP contribution in [0.5, 0.6) is 5.75 Å². The number of nitrogens with one attached hydrogen (secondary N) is 1. The summed E-state index contributed by atoms with van der Waals surface area (Å²) in [5.74, 6) is 0.640. The molecular formula is C22H30FN2O2P. The lowest BCUT2D eigenvalue weighted by Gasteiger charge is -2.25. The molecule has 0 bridgehead atoms. The Morgan fingerprint density at radius 1 is 1.25 bits per heavy atom. The third-order valence-corrected chi connectivity index (χ3v) is 5.28. The van der Waals surface area contributed by atoms with Crippen molar-refractivity contribution in [1.82, 2.24) is 10.2 Å². The number of likely N-dealkylation sites (N-methyl/N-ethyl adjacent to an activating group) is 1. The molecule has 28 heavy (non-hydrogen) atoms. The van der Waals surface area contributed by atoms with Crippen molar-refractivity contribution in [3.8, 4) is 5.75 Å². The number of carbonyl (C=O) groups is 1. The molecule has 1 N–H and O–H groups in total. The maximum Gasteiger partial charge on any atom is 0.210 e. The van der Waals surface area contributed by atoms with E-state index in [-0.39, 0.29) is 11.9 Å². The van der Waals surface area contributed by atoms with Gasteiger partial charge in [-0.05, 0) is 48.7 Å². The Labute approximate surface area is 169 Å². The highest BCUT2D eigenvalue weighted by Gasteiger charge is 2.14. The van der Waals surface area contributed by atoms with Crippen molar-refractivity contribution >= 4 is 21.0 Å². The predicted molar refractivity (Wildman–Crippen MR) is 116 cm³/mol. The van der Waals surface area contributed by atoms with Gasteiger partial charge in [0.05, 0.1) is 7.11 Å². The van der Waals surface area contributed by atoms with Gasteiger partial charge in [0.15, 0.2) is 0 Å². The first-order chi connectivity index (χ1) is 13.5. The monoisotopic (exact) mass is 404 g/mol. The van der Waals surface area contributed by atoms with Gasteiger partial charge in [0.25, 0.3) is 0 Å². The quantitative estimate of drug-likeness (QED) is 0.462. The molecule has 0 saturated heterocycles. The number of rotatable bonds is 11. The zero-order chi connectivity index (χ0) is 20.5. The summed E-state index contributed by atoms with van der Waals surface area (Å²) < 4.78 is 19.2. The largest absolute Gasteiger partial charge is 0.496 e. The molecule has 0 aromatic heterocycles. The number of hydrogen-bond acceptors (Lipinski definition) is 3. The molecule has 0 aliphatic carbocycles. The van der Waals surface area contributed by atoms with E-state index >= 15 is 0 Å². The molecule has 0 saturated carbocycles. The highest BCUT2D eigenvalue weighted by molar-refractivity contribution is 7.27. The Hall–Kier alpha value is -1.97. The van der Waals surface area contributed by atoms with Crippen LogP contribution in [-0.2, 0) is 24.2 Å². The van der Waals surface area contributed by atoms with Gasteiger partial charge >= 0.3 is 0 Å². The first-order valence-corrected chi connectivity index (χ1v) is 10.1. The zero-order valence-corrected chi connectivity index (χ0v) is 18.0. The molecule has 4 nitrogen and oxygen atoms in total. The van der Waals surface area contributed by atoms with Crippen LogP contribution >= 0.6 is 9.24 Å². The molecule has 2 rings (SSSR count). The fraction of sp³-hybridized carbons (Fsp3) is 0.409. The van der Waals surface area contributed by atoms with Gasteiger partial charge in [-0.2, -0.15) is 0 Å². The van der Waals surface area contributed by atoms with Crippen LogP contribution < -0.4 is 15.4 Å². The van der Waals surface area contributed by atoms with E-state index in [9.17, 15) is 9.18 Å². The Kier molecular flexibility index (Phi) is 8.88. The maximum absolute atomic E-state index is 13.8. The molecule has 152 valence electrons. The van der Waals surface area contributed by atoms with E-state index in [4.69, 9.17) is 4.74 Å². The molecule has 2 aromatic carbocycles. The first-order valence-electron chi connectivity index (χ1n) is 9.57. The van der Waals surface area contributed by atoms with Gasteiger partial charge in [-0.1, -0.05) is 37.6 Å². The molecule has 0 fully saturated rings. The van der Waals surface area contributed by atoms with E-state index in [1.54, 1.807) is 18.1 Å². The second-order valence-electron chi connectivity index (χ2n) is 6.98. The number of benzene rings is 2. The highest BCUT2D eigenvalue weighted by Crippen LogP contribution is 2.22. The normalized spacial score (nSPS) is 11.9. The third kappa shape index (κ3) is 6.29. The summed E-state index contributed by atoms with van der Waals surface area (Å²) in [7, 11) is 5.95. The van der Waals surface area contributed by atoms with Gasteiger partial charge in [-0.25, -0.2) is 4.39 Å². The van der Waals surface area contributed by atoms with Crippen LogP contribution in [-0.4, -0.2) is 38.1 Å². The standard InChI is InChI=1S/C22H30FN2O2P/c1-4-5-18-10-16(6-8-21(18)27-3)11-19(24-2)14-25(15-26)13-17-7-9-22(28)20(23)12-17/h6-10,12,15,19,24H,4-5,11,13-14,28H2,1-3H3. The maximum atomic E-state index is 13.8. The Morgan fingerprint density at radius 2 is 2.00 bits per heavy atom. The van der Waals surface area contributed by atoms with Gasteiger partial charge in [-0.15, -0.1) is 9.24 Å². The molecule has 0 radical (unpaired) electrons. The summed E-state index contributed by atoms with van der Waals surface area (Å²) in [6.45, 7) is 3.07. The van der Waals surface area contributed by atoms with Crippen LogP contribution in [0.1, 0.15) is 30.0 Å². The molecule has 0 aliphatic heterocycles. The molecular weight excluding hydrogens is 374 g/mol. The van der Waals surface area contributed by atoms with Crippen molar-refractivity contribution in [3.05, 3.63) is 58.9 Å². The summed E-state index contributed by atoms with van der Waals surface area (Å²) in [6.07, 6.45) is 3.65. The minimum absolute atomic E-state index is 0.0962. The van der Waals surface area contributed by atoms with Crippen LogP contribution in [0, 0.1) is 5.82 Å². The summed E-state index contributed by atoms with van der Waals surface area (Å²) in [4.78, 5) is 13.2. The van der Waals surface area contributed by atoms with Gasteiger partial charge in [0.2, 0.25) is 6.41 Å². The average molecular weight is 404 g/mol. The van der Waals surface area contributed by atoms with Crippen LogP contribution in [0.4, 0.5) is 4.39 Å². The number of halogens is 1. The van der Waals surface area contributed by atoms with Crippen LogP contribution in [0.3, 0.4) is 0 Å². The number of aryl methyl sites for hydroxylation is 1. The molecule has 6 heteroatoms. The van der Waals surface area contributed by atoms with E-state index in [1.165, 1.54) is 17.2 Å². The van der Waals surface area contributed by atoms with Crippen molar-refractivity contribution in [2.24, 2.45) is 0 Å². The summed E-state index contributed by atoms with van der Waals surface area (Å²) in [6, 6.07) is 11.4. The SMILES string of the molecule is CCCc1cc(CC(CN(C=O)Cc2ccc(P)c(F)c2)NC)ccc1OC. The Bertz CT molecular complexity index is 785. The van der Waals surface area contributed by atoms with Crippen LogP contribution in [0.2, 0.25) is 0 Å². The zero-order valence-electron chi connectivity index (χ0n) is 16.9. The third-order valence-electron chi connectivity index (χ3n) is 4.81. The van der Waals surface area contributed by atoms with Crippen molar-refractivity contribution in [3.63, 3.8) is 0 Å². The topological polar surface area (TPSA) is 41.6 Å². The van der Waals surface area contributed by atoms with E-state index in [2.05, 4.69) is 33.6 Å². The second-order valence-corrected chi connectivity index (χ2v) is 7.60. The minimum Gasteiger partial charge on any atom is -0.496 e. The number of ether oxygens (including phenoxy) is 1. The second kappa shape index (κ2) is 11.1. The van der Waals surface area contributed by atoms with Gasteiger partial charge < -0.3 is 15.0 Å². The van der Waals surface area contributed by atoms with Crippen LogP contribution in [0.25, 0.3) is 0 Å². The lowest BCUT2D eigenvalue weighted by Crippen LogP contribution is -2.40. The van der Waals surface area contributed by atoms with Gasteiger partial charge in [0, 0.05) is 24.4 Å². The fourth-order valence-electron chi connectivity index (χ4n) is 3.30. The molecule has 0 aliphatic rings. The minimum atomic E-state index is -0.278. The molecule has 0 heterocycles. The summed E-state index contributed by atoms with van der Waals surface area (Å²) in [5.41, 5.74) is 3.19. The number of methoxy groups -OCH3 is 1. The number of hydrogen-bond donors (Lipinski definition) is 1. The lowest BCUT2D eigenvalue weighted by molar-refractivity contribution is -0.119. The van der Waals surface area contributed by atoms with E-state index in [0.717, 1.165) is 37.0 Å². The number of carbonyl (C=O) groups excluding carboxylic acids is 1. The Morgan fingerprint density at radius 3 is 2.61 bits per heavy atom. The van der Waals surface area contributed by atoms with Crippen molar-refractivity contribution in [2.45, 2.75) is 38.8 Å². The number of nitrogens with zero attached hydrogens (tertiary/aromatic N) is 1. The summed E-state index contributed by atoms with van der Waals surface area (Å²) in [5, 5.41) is 3.82. The van der Waals surface area contributed by atoms with E-state index in [1.807, 2.05) is 19.2 Å². The predicted octanol–water partition coefficient (Wildman–Crippen LogP) is 3.08. The van der Waals surface area contributed by atoms with E-state index in [0.29, 0.717) is 18.4 Å². The molecule has 2 aromatic rings. The van der Waals surface area contributed by atoms with Gasteiger partial charge in [-0.3, -0.25) is 4.79 Å². The average Bonchev–Trinajstić information content (AvgIpc) is 2.70. The fourth-order valence-corrected chi connectivity index (χ4v) is 3.48. The van der Waals surface area contributed by atoms with E-state index < -0.39 is 0 Å². The first kappa shape index (κ1) is 22.3. The van der Waals surface area contributed by atoms with Crippen molar-refractivity contribution in [2.75, 3.05) is 20.7 Å².